The molecule has 1 atom stereocenters. The first-order chi connectivity index (χ1) is 9.26. The minimum Gasteiger partial charge on any atom is -0.327 e. The lowest BCUT2D eigenvalue weighted by molar-refractivity contribution is 0.547. The quantitative estimate of drug-likeness (QED) is 0.773. The molecule has 1 heterocycles. The summed E-state index contributed by atoms with van der Waals surface area (Å²) in [7, 11) is 0. The van der Waals surface area contributed by atoms with E-state index in [1.165, 1.54) is 30.2 Å². The van der Waals surface area contributed by atoms with E-state index < -0.39 is 0 Å². The topological polar surface area (TPSA) is 43.8 Å². The van der Waals surface area contributed by atoms with E-state index >= 15 is 0 Å². The number of nitrogens with two attached hydrogens (primary N) is 1. The van der Waals surface area contributed by atoms with Gasteiger partial charge in [0.2, 0.25) is 0 Å². The molecular formula is C16H25N3. The van der Waals surface area contributed by atoms with Crippen molar-refractivity contribution in [3.63, 3.8) is 0 Å². The molecule has 2 rings (SSSR count). The number of hydrogen-bond donors (Lipinski definition) is 1. The summed E-state index contributed by atoms with van der Waals surface area (Å²) in [6.07, 6.45) is 5.74. The molecule has 0 saturated carbocycles. The van der Waals surface area contributed by atoms with Crippen molar-refractivity contribution in [1.82, 2.24) is 9.78 Å². The van der Waals surface area contributed by atoms with Gasteiger partial charge in [-0.05, 0) is 19.4 Å². The van der Waals surface area contributed by atoms with E-state index in [1.54, 1.807) is 0 Å². The third-order valence-electron chi connectivity index (χ3n) is 3.67. The largest absolute Gasteiger partial charge is 0.327 e. The zero-order chi connectivity index (χ0) is 13.7. The second kappa shape index (κ2) is 6.71. The van der Waals surface area contributed by atoms with Gasteiger partial charge in [-0.2, -0.15) is 5.10 Å². The van der Waals surface area contributed by atoms with Gasteiger partial charge < -0.3 is 5.73 Å². The number of rotatable bonds is 7. The van der Waals surface area contributed by atoms with Crippen molar-refractivity contribution in [1.29, 1.82) is 0 Å². The Morgan fingerprint density at radius 3 is 2.74 bits per heavy atom. The summed E-state index contributed by atoms with van der Waals surface area (Å²) in [6, 6.07) is 8.67. The lowest BCUT2D eigenvalue weighted by Gasteiger charge is -2.09. The van der Waals surface area contributed by atoms with Crippen LogP contribution < -0.4 is 5.73 Å². The summed E-state index contributed by atoms with van der Waals surface area (Å²) >= 11 is 0. The van der Waals surface area contributed by atoms with Crippen LogP contribution in [-0.4, -0.2) is 15.8 Å². The SMILES string of the molecule is CCCCCC(N)Cc1nn(CC)c2ccccc12. The highest BCUT2D eigenvalue weighted by atomic mass is 15.3. The Morgan fingerprint density at radius 1 is 1.21 bits per heavy atom. The van der Waals surface area contributed by atoms with Crippen molar-refractivity contribution in [2.45, 2.75) is 58.5 Å². The van der Waals surface area contributed by atoms with Crippen molar-refractivity contribution in [3.05, 3.63) is 30.0 Å². The molecule has 104 valence electrons. The van der Waals surface area contributed by atoms with Gasteiger partial charge in [0.05, 0.1) is 11.2 Å². The Morgan fingerprint density at radius 2 is 2.00 bits per heavy atom. The average Bonchev–Trinajstić information content (AvgIpc) is 2.77. The fraction of sp³-hybridized carbons (Fsp3) is 0.562. The Labute approximate surface area is 115 Å². The van der Waals surface area contributed by atoms with Crippen LogP contribution in [0.1, 0.15) is 45.2 Å². The molecule has 2 N–H and O–H groups in total. The monoisotopic (exact) mass is 259 g/mol. The van der Waals surface area contributed by atoms with E-state index in [-0.39, 0.29) is 6.04 Å². The van der Waals surface area contributed by atoms with Crippen LogP contribution >= 0.6 is 0 Å². The molecule has 0 bridgehead atoms. The second-order valence-corrected chi connectivity index (χ2v) is 5.24. The van der Waals surface area contributed by atoms with Crippen LogP contribution in [0, 0.1) is 0 Å². The number of unbranched alkanes of at least 4 members (excludes halogenated alkanes) is 2. The van der Waals surface area contributed by atoms with Crippen LogP contribution in [0.5, 0.6) is 0 Å². The maximum absolute atomic E-state index is 6.24. The van der Waals surface area contributed by atoms with Crippen molar-refractivity contribution in [2.75, 3.05) is 0 Å². The van der Waals surface area contributed by atoms with E-state index in [0.29, 0.717) is 0 Å². The molecule has 0 aliphatic heterocycles. The Hall–Kier alpha value is -1.35. The van der Waals surface area contributed by atoms with Gasteiger partial charge in [-0.15, -0.1) is 0 Å². The maximum Gasteiger partial charge on any atom is 0.0718 e. The highest BCUT2D eigenvalue weighted by Gasteiger charge is 2.12. The minimum absolute atomic E-state index is 0.232. The van der Waals surface area contributed by atoms with Crippen LogP contribution in [0.25, 0.3) is 10.9 Å². The van der Waals surface area contributed by atoms with Crippen LogP contribution in [0.2, 0.25) is 0 Å². The van der Waals surface area contributed by atoms with Crippen molar-refractivity contribution < 1.29 is 0 Å². The Bertz CT molecular complexity index is 516. The van der Waals surface area contributed by atoms with Crippen molar-refractivity contribution >= 4 is 10.9 Å². The molecule has 0 aliphatic rings. The zero-order valence-electron chi connectivity index (χ0n) is 12.1. The minimum atomic E-state index is 0.232. The molecule has 0 amide bonds. The normalized spacial score (nSPS) is 13.0. The smallest absolute Gasteiger partial charge is 0.0718 e. The van der Waals surface area contributed by atoms with E-state index in [9.17, 15) is 0 Å². The molecule has 1 unspecified atom stereocenters. The number of hydrogen-bond acceptors (Lipinski definition) is 2. The van der Waals surface area contributed by atoms with Gasteiger partial charge >= 0.3 is 0 Å². The third-order valence-corrected chi connectivity index (χ3v) is 3.67. The Kier molecular flexibility index (Phi) is 4.97. The summed E-state index contributed by atoms with van der Waals surface area (Å²) in [5.41, 5.74) is 8.62. The number of nitrogens with zero attached hydrogens (tertiary/aromatic N) is 2. The molecule has 0 fully saturated rings. The second-order valence-electron chi connectivity index (χ2n) is 5.24. The number of aryl methyl sites for hydroxylation is 1. The van der Waals surface area contributed by atoms with Crippen LogP contribution in [0.4, 0.5) is 0 Å². The van der Waals surface area contributed by atoms with Crippen LogP contribution in [0.15, 0.2) is 24.3 Å². The molecule has 0 saturated heterocycles. The maximum atomic E-state index is 6.24. The predicted octanol–water partition coefficient (Wildman–Crippen LogP) is 3.51. The lowest BCUT2D eigenvalue weighted by atomic mass is 10.0. The summed E-state index contributed by atoms with van der Waals surface area (Å²) < 4.78 is 2.07. The molecule has 3 nitrogen and oxygen atoms in total. The predicted molar refractivity (Wildman–Crippen MR) is 81.2 cm³/mol. The molecule has 1 aromatic heterocycles. The van der Waals surface area contributed by atoms with Gasteiger partial charge in [0, 0.05) is 24.4 Å². The summed E-state index contributed by atoms with van der Waals surface area (Å²) in [5.74, 6) is 0. The summed E-state index contributed by atoms with van der Waals surface area (Å²) in [4.78, 5) is 0. The average molecular weight is 259 g/mol. The van der Waals surface area contributed by atoms with E-state index in [0.717, 1.165) is 25.1 Å². The number of fused-ring (bicyclic) bond motifs is 1. The van der Waals surface area contributed by atoms with E-state index in [1.807, 2.05) is 0 Å². The zero-order valence-corrected chi connectivity index (χ0v) is 12.1. The molecule has 0 aliphatic carbocycles. The molecule has 0 radical (unpaired) electrons. The van der Waals surface area contributed by atoms with Crippen molar-refractivity contribution in [2.24, 2.45) is 5.73 Å². The first-order valence-corrected chi connectivity index (χ1v) is 7.46. The van der Waals surface area contributed by atoms with Crippen molar-refractivity contribution in [3.8, 4) is 0 Å². The third kappa shape index (κ3) is 3.35. The Balaban J connectivity index is 2.12. The van der Waals surface area contributed by atoms with E-state index in [4.69, 9.17) is 10.8 Å². The highest BCUT2D eigenvalue weighted by molar-refractivity contribution is 5.82. The van der Waals surface area contributed by atoms with Gasteiger partial charge in [0.1, 0.15) is 0 Å². The van der Waals surface area contributed by atoms with Gasteiger partial charge in [-0.25, -0.2) is 0 Å². The summed E-state index contributed by atoms with van der Waals surface area (Å²) in [6.45, 7) is 5.26. The van der Waals surface area contributed by atoms with Gasteiger partial charge in [-0.1, -0.05) is 44.4 Å². The van der Waals surface area contributed by atoms with E-state index in [2.05, 4.69) is 42.8 Å². The number of para-hydroxylation sites is 1. The first kappa shape index (κ1) is 14.1. The molecule has 1 aromatic carbocycles. The lowest BCUT2D eigenvalue weighted by Crippen LogP contribution is -2.23. The first-order valence-electron chi connectivity index (χ1n) is 7.46. The van der Waals surface area contributed by atoms with Gasteiger partial charge in [0.15, 0.2) is 0 Å². The van der Waals surface area contributed by atoms with Crippen LogP contribution in [0.3, 0.4) is 0 Å². The molecular weight excluding hydrogens is 234 g/mol. The molecule has 0 spiro atoms. The number of benzene rings is 1. The van der Waals surface area contributed by atoms with Gasteiger partial charge in [0.25, 0.3) is 0 Å². The molecule has 19 heavy (non-hydrogen) atoms. The highest BCUT2D eigenvalue weighted by Crippen LogP contribution is 2.20. The van der Waals surface area contributed by atoms with Gasteiger partial charge in [-0.3, -0.25) is 4.68 Å². The summed E-state index contributed by atoms with van der Waals surface area (Å²) in [5, 5.41) is 5.97. The standard InChI is InChI=1S/C16H25N3/c1-3-5-6-9-13(17)12-15-14-10-7-8-11-16(14)19(4-2)18-15/h7-8,10-11,13H,3-6,9,12,17H2,1-2H3. The number of aromatic nitrogens is 2. The fourth-order valence-corrected chi connectivity index (χ4v) is 2.59. The van der Waals surface area contributed by atoms with Crippen LogP contribution in [-0.2, 0) is 13.0 Å². The molecule has 2 aromatic rings. The molecule has 3 heteroatoms. The fourth-order valence-electron chi connectivity index (χ4n) is 2.59.